The van der Waals surface area contributed by atoms with Crippen LogP contribution in [-0.2, 0) is 0 Å². The van der Waals surface area contributed by atoms with Crippen LogP contribution in [0.4, 0.5) is 0 Å². The number of rotatable bonds is 3. The van der Waals surface area contributed by atoms with E-state index < -0.39 is 0 Å². The molecule has 0 N–H and O–H groups in total. The van der Waals surface area contributed by atoms with Crippen molar-refractivity contribution < 1.29 is 0 Å². The maximum absolute atomic E-state index is 4.09. The largest absolute Gasteiger partial charge is 0.271 e. The maximum atomic E-state index is 4.09. The van der Waals surface area contributed by atoms with E-state index in [-0.39, 0.29) is 0 Å². The summed E-state index contributed by atoms with van der Waals surface area (Å²) in [6.07, 6.45) is 6.10. The summed E-state index contributed by atoms with van der Waals surface area (Å²) in [7, 11) is 0. The van der Waals surface area contributed by atoms with E-state index in [0.29, 0.717) is 6.04 Å². The highest BCUT2D eigenvalue weighted by Gasteiger charge is 2.25. The summed E-state index contributed by atoms with van der Waals surface area (Å²) in [4.78, 5) is 0. The van der Waals surface area contributed by atoms with Crippen LogP contribution < -0.4 is 0 Å². The van der Waals surface area contributed by atoms with Crippen LogP contribution in [0.1, 0.15) is 19.8 Å². The molecule has 50 valence electrons. The zero-order chi connectivity index (χ0) is 6.69. The zero-order valence-electron chi connectivity index (χ0n) is 5.75. The Bertz CT molecular complexity index is 125. The van der Waals surface area contributed by atoms with E-state index in [4.69, 9.17) is 0 Å². The monoisotopic (exact) mass is 124 g/mol. The maximum Gasteiger partial charge on any atom is 0.0520 e. The van der Waals surface area contributed by atoms with E-state index in [1.54, 1.807) is 12.4 Å². The molecule has 9 heavy (non-hydrogen) atoms. The molecule has 1 saturated carbocycles. The van der Waals surface area contributed by atoms with Gasteiger partial charge in [-0.25, -0.2) is 0 Å². The summed E-state index contributed by atoms with van der Waals surface area (Å²) >= 11 is 0. The SMILES string of the molecule is C=CN(/N=C\C)C1CC1. The number of nitrogens with zero attached hydrogens (tertiary/aromatic N) is 2. The first kappa shape index (κ1) is 6.33. The molecule has 2 nitrogen and oxygen atoms in total. The van der Waals surface area contributed by atoms with Crippen LogP contribution in [0.15, 0.2) is 17.9 Å². The molecule has 1 rings (SSSR count). The minimum atomic E-state index is 0.652. The number of hydrogen-bond donors (Lipinski definition) is 0. The molecular weight excluding hydrogens is 112 g/mol. The molecule has 0 heterocycles. The summed E-state index contributed by atoms with van der Waals surface area (Å²) in [6, 6.07) is 0.652. The van der Waals surface area contributed by atoms with Crippen LogP contribution >= 0.6 is 0 Å². The van der Waals surface area contributed by atoms with Gasteiger partial charge in [0.1, 0.15) is 0 Å². The molecule has 0 aliphatic heterocycles. The van der Waals surface area contributed by atoms with Gasteiger partial charge in [-0.05, 0) is 19.8 Å². The lowest BCUT2D eigenvalue weighted by Gasteiger charge is -2.10. The Kier molecular flexibility index (Phi) is 1.88. The van der Waals surface area contributed by atoms with Crippen molar-refractivity contribution in [2.45, 2.75) is 25.8 Å². The molecule has 0 bridgehead atoms. The highest BCUT2D eigenvalue weighted by molar-refractivity contribution is 5.52. The second-order valence-corrected chi connectivity index (χ2v) is 2.17. The van der Waals surface area contributed by atoms with Crippen molar-refractivity contribution in [2.24, 2.45) is 5.10 Å². The first-order chi connectivity index (χ1) is 4.38. The quantitative estimate of drug-likeness (QED) is 0.412. The van der Waals surface area contributed by atoms with Gasteiger partial charge in [0, 0.05) is 12.4 Å². The van der Waals surface area contributed by atoms with Gasteiger partial charge in [-0.3, -0.25) is 5.01 Å². The van der Waals surface area contributed by atoms with Crippen molar-refractivity contribution in [2.75, 3.05) is 0 Å². The normalized spacial score (nSPS) is 18.3. The van der Waals surface area contributed by atoms with Gasteiger partial charge in [-0.2, -0.15) is 5.10 Å². The fraction of sp³-hybridized carbons (Fsp3) is 0.571. The van der Waals surface area contributed by atoms with Gasteiger partial charge >= 0.3 is 0 Å². The summed E-state index contributed by atoms with van der Waals surface area (Å²) in [5.74, 6) is 0. The summed E-state index contributed by atoms with van der Waals surface area (Å²) < 4.78 is 0. The Balaban J connectivity index is 2.37. The summed E-state index contributed by atoms with van der Waals surface area (Å²) in [5, 5.41) is 6.01. The van der Waals surface area contributed by atoms with E-state index >= 15 is 0 Å². The fourth-order valence-electron chi connectivity index (χ4n) is 0.763. The minimum absolute atomic E-state index is 0.652. The molecule has 1 fully saturated rings. The molecule has 0 unspecified atom stereocenters. The lowest BCUT2D eigenvalue weighted by atomic mass is 10.7. The highest BCUT2D eigenvalue weighted by atomic mass is 15.5. The van der Waals surface area contributed by atoms with E-state index in [1.807, 2.05) is 11.9 Å². The third kappa shape index (κ3) is 1.56. The van der Waals surface area contributed by atoms with Gasteiger partial charge in [0.15, 0.2) is 0 Å². The predicted octanol–water partition coefficient (Wildman–Crippen LogP) is 1.60. The van der Waals surface area contributed by atoms with Crippen molar-refractivity contribution in [1.82, 2.24) is 5.01 Å². The number of hydrogen-bond acceptors (Lipinski definition) is 2. The highest BCUT2D eigenvalue weighted by Crippen LogP contribution is 2.26. The van der Waals surface area contributed by atoms with Gasteiger partial charge in [0.25, 0.3) is 0 Å². The molecule has 0 spiro atoms. The standard InChI is InChI=1S/C7H12N2/c1-3-8-9(4-2)7-5-6-7/h3-4,7H,2,5-6H2,1H3/b8-3-. The second kappa shape index (κ2) is 2.67. The van der Waals surface area contributed by atoms with Crippen LogP contribution in [0.2, 0.25) is 0 Å². The summed E-state index contributed by atoms with van der Waals surface area (Å²) in [6.45, 7) is 5.57. The Hall–Kier alpha value is -0.790. The molecule has 0 aromatic carbocycles. The third-order valence-electron chi connectivity index (χ3n) is 1.36. The average molecular weight is 124 g/mol. The van der Waals surface area contributed by atoms with Crippen LogP contribution in [0.3, 0.4) is 0 Å². The van der Waals surface area contributed by atoms with Crippen LogP contribution in [0.25, 0.3) is 0 Å². The van der Waals surface area contributed by atoms with E-state index in [0.717, 1.165) is 0 Å². The van der Waals surface area contributed by atoms with E-state index in [2.05, 4.69) is 11.7 Å². The lowest BCUT2D eigenvalue weighted by molar-refractivity contribution is 0.392. The number of hydrazone groups is 1. The average Bonchev–Trinajstić information content (AvgIpc) is 2.64. The van der Waals surface area contributed by atoms with Crippen molar-refractivity contribution in [3.05, 3.63) is 12.8 Å². The van der Waals surface area contributed by atoms with Gasteiger partial charge in [-0.1, -0.05) is 6.58 Å². The third-order valence-corrected chi connectivity index (χ3v) is 1.36. The molecule has 0 atom stereocenters. The van der Waals surface area contributed by atoms with Gasteiger partial charge in [-0.15, -0.1) is 0 Å². The van der Waals surface area contributed by atoms with E-state index in [9.17, 15) is 0 Å². The fourth-order valence-corrected chi connectivity index (χ4v) is 0.763. The zero-order valence-corrected chi connectivity index (χ0v) is 5.75. The molecule has 0 aromatic heterocycles. The molecule has 0 aromatic rings. The molecule has 0 radical (unpaired) electrons. The Morgan fingerprint density at radius 3 is 2.67 bits per heavy atom. The predicted molar refractivity (Wildman–Crippen MR) is 39.2 cm³/mol. The van der Waals surface area contributed by atoms with Gasteiger partial charge in [0.05, 0.1) is 6.04 Å². The van der Waals surface area contributed by atoms with Gasteiger partial charge < -0.3 is 0 Å². The van der Waals surface area contributed by atoms with Gasteiger partial charge in [0.2, 0.25) is 0 Å². The lowest BCUT2D eigenvalue weighted by Crippen LogP contribution is -2.10. The van der Waals surface area contributed by atoms with E-state index in [1.165, 1.54) is 12.8 Å². The first-order valence-electron chi connectivity index (χ1n) is 3.28. The topological polar surface area (TPSA) is 15.6 Å². The Morgan fingerprint density at radius 1 is 1.67 bits per heavy atom. The minimum Gasteiger partial charge on any atom is -0.271 e. The van der Waals surface area contributed by atoms with Crippen LogP contribution in [-0.4, -0.2) is 17.3 Å². The molecule has 2 heteroatoms. The van der Waals surface area contributed by atoms with Crippen molar-refractivity contribution >= 4 is 6.21 Å². The van der Waals surface area contributed by atoms with Crippen molar-refractivity contribution in [3.63, 3.8) is 0 Å². The molecule has 1 aliphatic carbocycles. The smallest absolute Gasteiger partial charge is 0.0520 e. The Labute approximate surface area is 55.9 Å². The van der Waals surface area contributed by atoms with Crippen molar-refractivity contribution in [1.29, 1.82) is 0 Å². The second-order valence-electron chi connectivity index (χ2n) is 2.17. The first-order valence-corrected chi connectivity index (χ1v) is 3.28. The van der Waals surface area contributed by atoms with Crippen LogP contribution in [0, 0.1) is 0 Å². The van der Waals surface area contributed by atoms with Crippen molar-refractivity contribution in [3.8, 4) is 0 Å². The molecule has 0 amide bonds. The van der Waals surface area contributed by atoms with Crippen LogP contribution in [0.5, 0.6) is 0 Å². The summed E-state index contributed by atoms with van der Waals surface area (Å²) in [5.41, 5.74) is 0. The molecule has 0 saturated heterocycles. The molecular formula is C7H12N2. The Morgan fingerprint density at radius 2 is 2.33 bits per heavy atom. The molecule has 1 aliphatic rings.